The lowest BCUT2D eigenvalue weighted by atomic mass is 10.1. The van der Waals surface area contributed by atoms with E-state index in [-0.39, 0.29) is 6.03 Å². The van der Waals surface area contributed by atoms with Crippen molar-refractivity contribution in [1.82, 2.24) is 15.2 Å². The maximum atomic E-state index is 12.6. The van der Waals surface area contributed by atoms with E-state index in [0.29, 0.717) is 37.8 Å². The second-order valence-electron chi connectivity index (χ2n) is 7.11. The number of ether oxygens (including phenoxy) is 3. The van der Waals surface area contributed by atoms with Gasteiger partial charge in [0, 0.05) is 45.0 Å². The van der Waals surface area contributed by atoms with Gasteiger partial charge in [-0.1, -0.05) is 12.1 Å². The molecule has 1 aliphatic rings. The zero-order valence-electron chi connectivity index (χ0n) is 17.9. The van der Waals surface area contributed by atoms with Crippen molar-refractivity contribution in [3.05, 3.63) is 47.7 Å². The van der Waals surface area contributed by atoms with Crippen molar-refractivity contribution < 1.29 is 19.0 Å². The highest BCUT2D eigenvalue weighted by Gasteiger charge is 2.17. The fraction of sp³-hybridized carbons (Fsp3) is 0.455. The second kappa shape index (κ2) is 10.7. The number of methoxy groups -OCH3 is 2. The van der Waals surface area contributed by atoms with Gasteiger partial charge in [-0.05, 0) is 30.2 Å². The summed E-state index contributed by atoms with van der Waals surface area (Å²) in [4.78, 5) is 21.0. The number of carbonyl (C=O) groups is 1. The van der Waals surface area contributed by atoms with Crippen LogP contribution in [0.4, 0.5) is 10.6 Å². The maximum absolute atomic E-state index is 12.6. The van der Waals surface area contributed by atoms with Crippen molar-refractivity contribution in [2.75, 3.05) is 59.0 Å². The Labute approximate surface area is 177 Å². The van der Waals surface area contributed by atoms with E-state index in [1.165, 1.54) is 0 Å². The molecule has 30 heavy (non-hydrogen) atoms. The van der Waals surface area contributed by atoms with E-state index in [1.807, 2.05) is 30.3 Å². The van der Waals surface area contributed by atoms with Crippen molar-refractivity contribution in [3.8, 4) is 11.5 Å². The number of hydrogen-bond donors (Lipinski definition) is 1. The van der Waals surface area contributed by atoms with E-state index >= 15 is 0 Å². The SMILES string of the molecule is COc1ccc(CCN(C)C(=O)NCc2cccnc2N2CCOCC2)cc1OC. The number of carbonyl (C=O) groups excluding carboxylic acids is 1. The predicted octanol–water partition coefficient (Wildman–Crippen LogP) is 2.32. The highest BCUT2D eigenvalue weighted by atomic mass is 16.5. The fourth-order valence-corrected chi connectivity index (χ4v) is 3.37. The van der Waals surface area contributed by atoms with Crippen LogP contribution in [0.15, 0.2) is 36.5 Å². The molecule has 2 aromatic rings. The lowest BCUT2D eigenvalue weighted by Gasteiger charge is -2.29. The Morgan fingerprint density at radius 3 is 2.70 bits per heavy atom. The third-order valence-corrected chi connectivity index (χ3v) is 5.14. The fourth-order valence-electron chi connectivity index (χ4n) is 3.37. The molecule has 0 unspecified atom stereocenters. The number of hydrogen-bond acceptors (Lipinski definition) is 6. The summed E-state index contributed by atoms with van der Waals surface area (Å²) in [7, 11) is 5.02. The number of rotatable bonds is 8. The molecule has 8 nitrogen and oxygen atoms in total. The number of morpholine rings is 1. The molecule has 0 saturated carbocycles. The van der Waals surface area contributed by atoms with E-state index in [9.17, 15) is 4.79 Å². The molecule has 1 aromatic heterocycles. The van der Waals surface area contributed by atoms with E-state index in [0.717, 1.165) is 36.5 Å². The van der Waals surface area contributed by atoms with Crippen LogP contribution in [0.5, 0.6) is 11.5 Å². The Bertz CT molecular complexity index is 840. The average Bonchev–Trinajstić information content (AvgIpc) is 2.81. The number of pyridine rings is 1. The zero-order chi connectivity index (χ0) is 21.3. The molecule has 1 aromatic carbocycles. The molecule has 0 bridgehead atoms. The molecule has 1 fully saturated rings. The normalized spacial score (nSPS) is 13.6. The van der Waals surface area contributed by atoms with Crippen LogP contribution >= 0.6 is 0 Å². The van der Waals surface area contributed by atoms with Crippen LogP contribution in [-0.2, 0) is 17.7 Å². The van der Waals surface area contributed by atoms with Crippen LogP contribution in [0, 0.1) is 0 Å². The Morgan fingerprint density at radius 2 is 1.97 bits per heavy atom. The number of anilines is 1. The highest BCUT2D eigenvalue weighted by molar-refractivity contribution is 5.74. The molecule has 0 atom stereocenters. The van der Waals surface area contributed by atoms with Crippen molar-refractivity contribution in [2.24, 2.45) is 0 Å². The highest BCUT2D eigenvalue weighted by Crippen LogP contribution is 2.27. The maximum Gasteiger partial charge on any atom is 0.317 e. The lowest BCUT2D eigenvalue weighted by Crippen LogP contribution is -2.40. The summed E-state index contributed by atoms with van der Waals surface area (Å²) in [5.41, 5.74) is 2.08. The van der Waals surface area contributed by atoms with Crippen molar-refractivity contribution in [2.45, 2.75) is 13.0 Å². The molecule has 162 valence electrons. The number of likely N-dealkylation sites (N-methyl/N-ethyl adjacent to an activating group) is 1. The van der Waals surface area contributed by atoms with Gasteiger partial charge in [0.1, 0.15) is 5.82 Å². The number of urea groups is 1. The Hall–Kier alpha value is -3.00. The minimum Gasteiger partial charge on any atom is -0.493 e. The van der Waals surface area contributed by atoms with Gasteiger partial charge in [0.15, 0.2) is 11.5 Å². The van der Waals surface area contributed by atoms with Crippen LogP contribution in [0.1, 0.15) is 11.1 Å². The predicted molar refractivity (Wildman–Crippen MR) is 115 cm³/mol. The first-order valence-corrected chi connectivity index (χ1v) is 10.1. The van der Waals surface area contributed by atoms with E-state index in [1.54, 1.807) is 32.4 Å². The largest absolute Gasteiger partial charge is 0.493 e. The summed E-state index contributed by atoms with van der Waals surface area (Å²) in [6.45, 7) is 4.03. The third kappa shape index (κ3) is 5.54. The van der Waals surface area contributed by atoms with Crippen LogP contribution in [0.3, 0.4) is 0 Å². The summed E-state index contributed by atoms with van der Waals surface area (Å²) < 4.78 is 16.0. The van der Waals surface area contributed by atoms with Gasteiger partial charge in [-0.25, -0.2) is 9.78 Å². The monoisotopic (exact) mass is 414 g/mol. The third-order valence-electron chi connectivity index (χ3n) is 5.14. The zero-order valence-corrected chi connectivity index (χ0v) is 17.9. The second-order valence-corrected chi connectivity index (χ2v) is 7.11. The van der Waals surface area contributed by atoms with Crippen molar-refractivity contribution in [3.63, 3.8) is 0 Å². The van der Waals surface area contributed by atoms with E-state index < -0.39 is 0 Å². The quantitative estimate of drug-likeness (QED) is 0.715. The standard InChI is InChI=1S/C22H30N4O4/c1-25(10-8-17-6-7-19(28-2)20(15-17)29-3)22(27)24-16-18-5-4-9-23-21(18)26-11-13-30-14-12-26/h4-7,9,15H,8,10-14,16H2,1-3H3,(H,24,27). The molecule has 0 radical (unpaired) electrons. The molecule has 3 rings (SSSR count). The molecular formula is C22H30N4O4. The summed E-state index contributed by atoms with van der Waals surface area (Å²) in [5.74, 6) is 2.29. The Balaban J connectivity index is 1.53. The number of nitrogens with zero attached hydrogens (tertiary/aromatic N) is 3. The number of nitrogens with one attached hydrogen (secondary N) is 1. The van der Waals surface area contributed by atoms with Crippen LogP contribution < -0.4 is 19.7 Å². The summed E-state index contributed by atoms with van der Waals surface area (Å²) in [6.07, 6.45) is 2.50. The van der Waals surface area contributed by atoms with Gasteiger partial charge in [-0.2, -0.15) is 0 Å². The van der Waals surface area contributed by atoms with Crippen molar-refractivity contribution >= 4 is 11.8 Å². The van der Waals surface area contributed by atoms with Gasteiger partial charge in [0.25, 0.3) is 0 Å². The van der Waals surface area contributed by atoms with Gasteiger partial charge >= 0.3 is 6.03 Å². The summed E-state index contributed by atoms with van der Waals surface area (Å²) >= 11 is 0. The van der Waals surface area contributed by atoms with Crippen LogP contribution in [0.2, 0.25) is 0 Å². The lowest BCUT2D eigenvalue weighted by molar-refractivity contribution is 0.122. The number of aromatic nitrogens is 1. The first-order chi connectivity index (χ1) is 14.6. The topological polar surface area (TPSA) is 76.2 Å². The average molecular weight is 415 g/mol. The van der Waals surface area contributed by atoms with Gasteiger partial charge in [-0.15, -0.1) is 0 Å². The van der Waals surface area contributed by atoms with Crippen LogP contribution in [-0.4, -0.2) is 70.0 Å². The molecule has 1 saturated heterocycles. The number of benzene rings is 1. The smallest absolute Gasteiger partial charge is 0.317 e. The summed E-state index contributed by atoms with van der Waals surface area (Å²) in [6, 6.07) is 9.58. The first kappa shape index (κ1) is 21.7. The molecule has 0 aliphatic carbocycles. The van der Waals surface area contributed by atoms with Gasteiger partial charge < -0.3 is 29.3 Å². The first-order valence-electron chi connectivity index (χ1n) is 10.1. The molecule has 2 amide bonds. The van der Waals surface area contributed by atoms with Gasteiger partial charge in [0.2, 0.25) is 0 Å². The van der Waals surface area contributed by atoms with Gasteiger partial charge in [0.05, 0.1) is 27.4 Å². The Kier molecular flexibility index (Phi) is 7.73. The molecule has 1 N–H and O–H groups in total. The Morgan fingerprint density at radius 1 is 1.20 bits per heavy atom. The van der Waals surface area contributed by atoms with Crippen LogP contribution in [0.25, 0.3) is 0 Å². The molecule has 1 aliphatic heterocycles. The molecule has 8 heteroatoms. The van der Waals surface area contributed by atoms with Crippen molar-refractivity contribution in [1.29, 1.82) is 0 Å². The molecule has 0 spiro atoms. The van der Waals surface area contributed by atoms with E-state index in [4.69, 9.17) is 14.2 Å². The van der Waals surface area contributed by atoms with Gasteiger partial charge in [-0.3, -0.25) is 0 Å². The minimum absolute atomic E-state index is 0.118. The number of amides is 2. The minimum atomic E-state index is -0.118. The summed E-state index contributed by atoms with van der Waals surface area (Å²) in [5, 5.41) is 3.00. The van der Waals surface area contributed by atoms with E-state index in [2.05, 4.69) is 15.2 Å². The molecule has 2 heterocycles. The molecular weight excluding hydrogens is 384 g/mol.